The van der Waals surface area contributed by atoms with Crippen molar-refractivity contribution in [2.24, 2.45) is 40.2 Å². The van der Waals surface area contributed by atoms with Gasteiger partial charge in [0.05, 0.1) is 12.3 Å². The van der Waals surface area contributed by atoms with Crippen molar-refractivity contribution in [3.8, 4) is 0 Å². The largest absolute Gasteiger partial charge is 0.363 e. The van der Waals surface area contributed by atoms with Crippen LogP contribution in [0.1, 0.15) is 91.4 Å². The van der Waals surface area contributed by atoms with Gasteiger partial charge in [-0.3, -0.25) is 19.2 Å². The van der Waals surface area contributed by atoms with E-state index in [-0.39, 0.29) is 48.0 Å². The number of carbonyl (C=O) groups is 5. The molecule has 0 radical (unpaired) electrons. The molecule has 13 nitrogen and oxygen atoms in total. The number of sulfonamides is 1. The molecule has 14 heteroatoms. The van der Waals surface area contributed by atoms with Crippen LogP contribution in [0.25, 0.3) is 0 Å². The van der Waals surface area contributed by atoms with Crippen LogP contribution >= 0.6 is 0 Å². The number of primary amides is 1. The maximum absolute atomic E-state index is 14.8. The molecule has 4 aliphatic carbocycles. The van der Waals surface area contributed by atoms with E-state index in [4.69, 9.17) is 5.73 Å². The highest BCUT2D eigenvalue weighted by molar-refractivity contribution is 7.88. The minimum absolute atomic E-state index is 0.0522. The fraction of sp³-hybridized carbons (Fsp3) is 0.800. The van der Waals surface area contributed by atoms with Crippen molar-refractivity contribution in [2.45, 2.75) is 116 Å². The minimum atomic E-state index is -3.50. The Hall–Kier alpha value is -3.00. The van der Waals surface area contributed by atoms with Crippen LogP contribution in [0.4, 0.5) is 4.79 Å². The molecular formula is C35H56N6O7S. The number of nitrogens with one attached hydrogen (secondary N) is 3. The number of carbonyl (C=O) groups excluding carboxylic acids is 5. The summed E-state index contributed by atoms with van der Waals surface area (Å²) >= 11 is 0. The molecule has 3 saturated carbocycles. The van der Waals surface area contributed by atoms with Gasteiger partial charge in [-0.2, -0.15) is 0 Å². The smallest absolute Gasteiger partial charge is 0.315 e. The van der Waals surface area contributed by atoms with Crippen molar-refractivity contribution in [2.75, 3.05) is 26.4 Å². The molecule has 4 fully saturated rings. The van der Waals surface area contributed by atoms with E-state index in [0.29, 0.717) is 6.54 Å². The number of hydrogen-bond acceptors (Lipinski definition) is 7. The Kier molecular flexibility index (Phi) is 10.9. The first-order chi connectivity index (χ1) is 22.9. The Morgan fingerprint density at radius 2 is 1.65 bits per heavy atom. The SMILES string of the molecule is CN(C[C@@H](NC(=O)N[C@H](C(=O)N1C[C@H]2[C@H](CCC23CC3)[C@H]1C(=O)NC(CC1C=CC1)C(=O)C(N)=O)C1CCCCC1)C(C)(C)C)S(C)(=O)=O. The second kappa shape index (κ2) is 14.3. The summed E-state index contributed by atoms with van der Waals surface area (Å²) in [6.45, 7) is 6.19. The molecule has 0 bridgehead atoms. The average Bonchev–Trinajstić information content (AvgIpc) is 3.57. The van der Waals surface area contributed by atoms with Crippen LogP contribution in [0.5, 0.6) is 0 Å². The van der Waals surface area contributed by atoms with Gasteiger partial charge in [-0.15, -0.1) is 0 Å². The molecule has 5 rings (SSSR count). The summed E-state index contributed by atoms with van der Waals surface area (Å²) in [5.74, 6) is -2.74. The lowest BCUT2D eigenvalue weighted by atomic mass is 9.83. The van der Waals surface area contributed by atoms with Crippen LogP contribution in [0.15, 0.2) is 12.2 Å². The Bertz CT molecular complexity index is 1450. The van der Waals surface area contributed by atoms with Crippen LogP contribution in [-0.2, 0) is 29.2 Å². The zero-order valence-electron chi connectivity index (χ0n) is 29.7. The molecule has 1 saturated heterocycles. The lowest BCUT2D eigenvalue weighted by molar-refractivity contribution is -0.144. The van der Waals surface area contributed by atoms with E-state index < -0.39 is 63.2 Å². The Morgan fingerprint density at radius 1 is 1.00 bits per heavy atom. The van der Waals surface area contributed by atoms with E-state index in [9.17, 15) is 32.4 Å². The number of allylic oxidation sites excluding steroid dienone is 2. The summed E-state index contributed by atoms with van der Waals surface area (Å²) in [6, 6.07) is -3.92. The van der Waals surface area contributed by atoms with Crippen molar-refractivity contribution in [3.05, 3.63) is 12.2 Å². The standard InChI is InChI=1S/C35H56N6O7S/c1-34(2,3)26(20-40(4)49(5,47)48)38-33(46)39-27(22-12-7-6-8-13-22)32(45)41-19-24-23(14-15-35(24)16-17-35)28(41)31(44)37-25(29(42)30(36)43)18-21-10-9-11-21/h9-10,21-28H,6-8,11-20H2,1-5H3,(H2,36,43)(H,37,44)(H2,38,39,46)/t21?,23-,24-,25?,26+,27-,28-/m0/s1. The summed E-state index contributed by atoms with van der Waals surface area (Å²) in [5.41, 5.74) is 5.00. The molecule has 5 aliphatic rings. The maximum Gasteiger partial charge on any atom is 0.315 e. The highest BCUT2D eigenvalue weighted by Gasteiger charge is 2.64. The van der Waals surface area contributed by atoms with E-state index in [0.717, 1.165) is 70.5 Å². The van der Waals surface area contributed by atoms with Gasteiger partial charge >= 0.3 is 6.03 Å². The van der Waals surface area contributed by atoms with E-state index in [1.807, 2.05) is 32.9 Å². The number of rotatable bonds is 13. The van der Waals surface area contributed by atoms with Crippen molar-refractivity contribution >= 4 is 39.6 Å². The lowest BCUT2D eigenvalue weighted by Gasteiger charge is -2.37. The number of nitrogens with two attached hydrogens (primary N) is 1. The molecule has 0 aromatic carbocycles. The van der Waals surface area contributed by atoms with Crippen LogP contribution in [-0.4, -0.2) is 97.7 Å². The van der Waals surface area contributed by atoms with E-state index in [1.54, 1.807) is 4.90 Å². The van der Waals surface area contributed by atoms with Crippen molar-refractivity contribution in [3.63, 3.8) is 0 Å². The van der Waals surface area contributed by atoms with Gasteiger partial charge in [0.25, 0.3) is 5.91 Å². The predicted octanol–water partition coefficient (Wildman–Crippen LogP) is 2.06. The molecule has 0 aromatic rings. The number of hydrogen-bond donors (Lipinski definition) is 4. The highest BCUT2D eigenvalue weighted by atomic mass is 32.2. The summed E-state index contributed by atoms with van der Waals surface area (Å²) in [5, 5.41) is 8.79. The fourth-order valence-corrected chi connectivity index (χ4v) is 9.09. The summed E-state index contributed by atoms with van der Waals surface area (Å²) in [4.78, 5) is 69.2. The zero-order chi connectivity index (χ0) is 35.9. The molecule has 1 heterocycles. The second-order valence-electron chi connectivity index (χ2n) is 16.5. The first-order valence-electron chi connectivity index (χ1n) is 18.0. The van der Waals surface area contributed by atoms with Crippen LogP contribution in [0.2, 0.25) is 0 Å². The van der Waals surface area contributed by atoms with Gasteiger partial charge in [-0.05, 0) is 85.9 Å². The van der Waals surface area contributed by atoms with Gasteiger partial charge in [0, 0.05) is 26.2 Å². The maximum atomic E-state index is 14.8. The number of Topliss-reactive ketones (excluding diaryl/α,β-unsaturated/α-hetero) is 1. The number of amides is 5. The first-order valence-corrected chi connectivity index (χ1v) is 19.9. The van der Waals surface area contributed by atoms with Gasteiger partial charge in [-0.1, -0.05) is 52.2 Å². The molecule has 0 aromatic heterocycles. The Morgan fingerprint density at radius 3 is 2.18 bits per heavy atom. The monoisotopic (exact) mass is 704 g/mol. The van der Waals surface area contributed by atoms with E-state index in [2.05, 4.69) is 16.0 Å². The zero-order valence-corrected chi connectivity index (χ0v) is 30.5. The molecule has 274 valence electrons. The average molecular weight is 705 g/mol. The summed E-state index contributed by atoms with van der Waals surface area (Å²) < 4.78 is 25.6. The van der Waals surface area contributed by atoms with E-state index in [1.165, 1.54) is 11.4 Å². The first kappa shape index (κ1) is 37.3. The lowest BCUT2D eigenvalue weighted by Crippen LogP contribution is -2.61. The Balaban J connectivity index is 1.39. The second-order valence-corrected chi connectivity index (χ2v) is 18.6. The van der Waals surface area contributed by atoms with Gasteiger partial charge in [0.15, 0.2) is 0 Å². The molecular weight excluding hydrogens is 648 g/mol. The third-order valence-corrected chi connectivity index (χ3v) is 13.4. The van der Waals surface area contributed by atoms with Crippen LogP contribution in [0, 0.1) is 34.5 Å². The Labute approximate surface area is 291 Å². The predicted molar refractivity (Wildman–Crippen MR) is 184 cm³/mol. The number of fused-ring (bicyclic) bond motifs is 2. The third-order valence-electron chi connectivity index (χ3n) is 12.1. The third kappa shape index (κ3) is 8.32. The molecule has 5 N–H and O–H groups in total. The van der Waals surface area contributed by atoms with Gasteiger partial charge in [-0.25, -0.2) is 17.5 Å². The van der Waals surface area contributed by atoms with Crippen molar-refractivity contribution in [1.29, 1.82) is 0 Å². The quantitative estimate of drug-likeness (QED) is 0.167. The molecule has 49 heavy (non-hydrogen) atoms. The molecule has 1 aliphatic heterocycles. The van der Waals surface area contributed by atoms with E-state index >= 15 is 0 Å². The molecule has 2 unspecified atom stereocenters. The molecule has 1 spiro atoms. The fourth-order valence-electron chi connectivity index (χ4n) is 8.67. The normalized spacial score (nSPS) is 27.9. The summed E-state index contributed by atoms with van der Waals surface area (Å²) in [6.07, 6.45) is 14.3. The minimum Gasteiger partial charge on any atom is -0.363 e. The van der Waals surface area contributed by atoms with Crippen LogP contribution in [0.3, 0.4) is 0 Å². The summed E-state index contributed by atoms with van der Waals surface area (Å²) in [7, 11) is -2.03. The number of urea groups is 1. The van der Waals surface area contributed by atoms with Gasteiger partial charge in [0.2, 0.25) is 27.6 Å². The molecule has 7 atom stereocenters. The highest BCUT2D eigenvalue weighted by Crippen LogP contribution is 2.66. The van der Waals surface area contributed by atoms with Crippen molar-refractivity contribution in [1.82, 2.24) is 25.2 Å². The van der Waals surface area contributed by atoms with Crippen LogP contribution < -0.4 is 21.7 Å². The molecule has 5 amide bonds. The number of ketones is 1. The van der Waals surface area contributed by atoms with Gasteiger partial charge < -0.3 is 26.6 Å². The number of likely N-dealkylation sites (tertiary alicyclic amines) is 1. The number of nitrogens with zero attached hydrogens (tertiary/aromatic N) is 2. The number of likely N-dealkylation sites (N-methyl/N-ethyl adjacent to an activating group) is 1. The van der Waals surface area contributed by atoms with Gasteiger partial charge in [0.1, 0.15) is 12.1 Å². The van der Waals surface area contributed by atoms with Crippen molar-refractivity contribution < 1.29 is 32.4 Å². The topological polar surface area (TPSA) is 188 Å².